The van der Waals surface area contributed by atoms with Crippen LogP contribution in [0.5, 0.6) is 0 Å². The summed E-state index contributed by atoms with van der Waals surface area (Å²) in [4.78, 5) is 12.3. The summed E-state index contributed by atoms with van der Waals surface area (Å²) in [6.45, 7) is 2.98. The lowest BCUT2D eigenvalue weighted by molar-refractivity contribution is -0.120. The number of carbonyl (C=O) groups excluding carboxylic acids is 1. The molecular weight excluding hydrogens is 244 g/mol. The third kappa shape index (κ3) is 2.44. The first-order valence-electron chi connectivity index (χ1n) is 6.49. The third-order valence-electron chi connectivity index (χ3n) is 3.54. The molecule has 0 bridgehead atoms. The Balaban J connectivity index is 1.77. The fourth-order valence-electron chi connectivity index (χ4n) is 2.51. The molecule has 0 aliphatic carbocycles. The van der Waals surface area contributed by atoms with Gasteiger partial charge in [0.1, 0.15) is 5.52 Å². The van der Waals surface area contributed by atoms with Gasteiger partial charge in [-0.05, 0) is 48.8 Å². The van der Waals surface area contributed by atoms with Crippen molar-refractivity contribution in [2.75, 3.05) is 11.9 Å². The van der Waals surface area contributed by atoms with Crippen molar-refractivity contribution in [3.05, 3.63) is 18.2 Å². The van der Waals surface area contributed by atoms with E-state index in [-0.39, 0.29) is 11.8 Å². The maximum atomic E-state index is 12.3. The summed E-state index contributed by atoms with van der Waals surface area (Å²) >= 11 is 0. The maximum absolute atomic E-state index is 12.3. The first-order chi connectivity index (χ1) is 9.24. The minimum absolute atomic E-state index is 0.0452. The molecule has 1 amide bonds. The van der Waals surface area contributed by atoms with Gasteiger partial charge in [0.05, 0.1) is 5.69 Å². The number of nitrogens with one attached hydrogen (secondary N) is 2. The molecule has 1 aromatic heterocycles. The van der Waals surface area contributed by atoms with E-state index < -0.39 is 0 Å². The number of nitrogens with zero attached hydrogens (tertiary/aromatic N) is 2. The predicted octanol–water partition coefficient (Wildman–Crippen LogP) is 1.55. The summed E-state index contributed by atoms with van der Waals surface area (Å²) in [6, 6.07) is 5.82. The van der Waals surface area contributed by atoms with Crippen LogP contribution in [0.3, 0.4) is 0 Å². The average molecular weight is 260 g/mol. The van der Waals surface area contributed by atoms with Gasteiger partial charge in [0.25, 0.3) is 0 Å². The maximum Gasteiger partial charge on any atom is 0.227 e. The van der Waals surface area contributed by atoms with Crippen molar-refractivity contribution >= 4 is 22.6 Å². The van der Waals surface area contributed by atoms with E-state index in [1.54, 1.807) is 6.07 Å². The number of hydrogen-bond donors (Lipinski definition) is 2. The monoisotopic (exact) mass is 260 g/mol. The Labute approximate surface area is 110 Å². The highest BCUT2D eigenvalue weighted by Crippen LogP contribution is 2.23. The van der Waals surface area contributed by atoms with Crippen LogP contribution < -0.4 is 10.6 Å². The quantitative estimate of drug-likeness (QED) is 0.856. The molecule has 0 saturated carbocycles. The zero-order chi connectivity index (χ0) is 13.2. The van der Waals surface area contributed by atoms with Crippen molar-refractivity contribution in [1.82, 2.24) is 15.6 Å². The Bertz CT molecular complexity index is 595. The van der Waals surface area contributed by atoms with E-state index >= 15 is 0 Å². The number of anilines is 1. The summed E-state index contributed by atoms with van der Waals surface area (Å²) in [5.74, 6) is 0.0928. The first-order valence-corrected chi connectivity index (χ1v) is 6.49. The van der Waals surface area contributed by atoms with Crippen LogP contribution >= 0.6 is 0 Å². The first kappa shape index (κ1) is 12.1. The van der Waals surface area contributed by atoms with Crippen LogP contribution in [0.1, 0.15) is 19.8 Å². The molecule has 1 aromatic carbocycles. The molecule has 19 heavy (non-hydrogen) atoms. The molecule has 1 aliphatic rings. The van der Waals surface area contributed by atoms with Gasteiger partial charge in [-0.25, -0.2) is 4.63 Å². The Kier molecular flexibility index (Phi) is 3.16. The highest BCUT2D eigenvalue weighted by molar-refractivity contribution is 5.99. The van der Waals surface area contributed by atoms with Crippen LogP contribution in [0.25, 0.3) is 11.0 Å². The van der Waals surface area contributed by atoms with E-state index in [0.717, 1.165) is 19.4 Å². The minimum atomic E-state index is 0.0452. The van der Waals surface area contributed by atoms with Gasteiger partial charge in [-0.15, -0.1) is 0 Å². The fraction of sp³-hybridized carbons (Fsp3) is 0.462. The lowest BCUT2D eigenvalue weighted by Crippen LogP contribution is -2.40. The summed E-state index contributed by atoms with van der Waals surface area (Å²) in [5.41, 5.74) is 1.91. The summed E-state index contributed by atoms with van der Waals surface area (Å²) in [5, 5.41) is 13.9. The zero-order valence-electron chi connectivity index (χ0n) is 10.7. The van der Waals surface area contributed by atoms with Crippen LogP contribution in [0.4, 0.5) is 5.69 Å². The largest absolute Gasteiger partial charge is 0.324 e. The van der Waals surface area contributed by atoms with Crippen LogP contribution in [0.2, 0.25) is 0 Å². The predicted molar refractivity (Wildman–Crippen MR) is 70.6 cm³/mol. The van der Waals surface area contributed by atoms with Crippen molar-refractivity contribution in [3.63, 3.8) is 0 Å². The molecule has 0 spiro atoms. The SMILES string of the molecule is C[C@H]1C[C@@H](C(=O)Nc2cccc3nonc23)CCN1. The smallest absolute Gasteiger partial charge is 0.227 e. The number of amides is 1. The van der Waals surface area contributed by atoms with E-state index in [4.69, 9.17) is 0 Å². The van der Waals surface area contributed by atoms with Gasteiger partial charge in [-0.1, -0.05) is 6.07 Å². The fourth-order valence-corrected chi connectivity index (χ4v) is 2.51. The molecule has 1 aliphatic heterocycles. The van der Waals surface area contributed by atoms with E-state index in [2.05, 4.69) is 32.5 Å². The standard InChI is InChI=1S/C13H16N4O2/c1-8-7-9(5-6-14-8)13(18)15-10-3-2-4-11-12(10)17-19-16-11/h2-4,8-9,14H,5-7H2,1H3,(H,15,18)/t8-,9-/m0/s1. The van der Waals surface area contributed by atoms with Gasteiger partial charge in [-0.2, -0.15) is 0 Å². The number of aromatic nitrogens is 2. The van der Waals surface area contributed by atoms with E-state index in [1.165, 1.54) is 0 Å². The molecule has 100 valence electrons. The van der Waals surface area contributed by atoms with Crippen LogP contribution in [-0.2, 0) is 4.79 Å². The molecule has 2 N–H and O–H groups in total. The molecule has 6 nitrogen and oxygen atoms in total. The number of carbonyl (C=O) groups is 1. The van der Waals surface area contributed by atoms with Gasteiger partial charge in [0.15, 0.2) is 5.52 Å². The molecule has 3 rings (SSSR count). The molecule has 1 fully saturated rings. The van der Waals surface area contributed by atoms with Gasteiger partial charge in [-0.3, -0.25) is 4.79 Å². The number of fused-ring (bicyclic) bond motifs is 1. The van der Waals surface area contributed by atoms with E-state index in [1.807, 2.05) is 12.1 Å². The normalized spacial score (nSPS) is 23.4. The van der Waals surface area contributed by atoms with Gasteiger partial charge < -0.3 is 10.6 Å². The van der Waals surface area contributed by atoms with Crippen molar-refractivity contribution < 1.29 is 9.42 Å². The Hall–Kier alpha value is -1.95. The third-order valence-corrected chi connectivity index (χ3v) is 3.54. The minimum Gasteiger partial charge on any atom is -0.324 e. The molecule has 0 radical (unpaired) electrons. The zero-order valence-corrected chi connectivity index (χ0v) is 10.7. The van der Waals surface area contributed by atoms with Crippen LogP contribution in [0, 0.1) is 5.92 Å². The Morgan fingerprint density at radius 3 is 3.21 bits per heavy atom. The second-order valence-corrected chi connectivity index (χ2v) is 5.00. The van der Waals surface area contributed by atoms with Gasteiger partial charge >= 0.3 is 0 Å². The molecule has 6 heteroatoms. The molecule has 2 heterocycles. The number of rotatable bonds is 2. The van der Waals surface area contributed by atoms with Crippen LogP contribution in [0.15, 0.2) is 22.8 Å². The lowest BCUT2D eigenvalue weighted by atomic mass is 9.92. The van der Waals surface area contributed by atoms with E-state index in [9.17, 15) is 4.79 Å². The highest BCUT2D eigenvalue weighted by atomic mass is 16.6. The summed E-state index contributed by atoms with van der Waals surface area (Å²) in [7, 11) is 0. The second-order valence-electron chi connectivity index (χ2n) is 5.00. The number of piperidine rings is 1. The molecule has 1 saturated heterocycles. The average Bonchev–Trinajstić information content (AvgIpc) is 2.88. The highest BCUT2D eigenvalue weighted by Gasteiger charge is 2.25. The van der Waals surface area contributed by atoms with Crippen molar-refractivity contribution in [2.45, 2.75) is 25.8 Å². The van der Waals surface area contributed by atoms with Crippen molar-refractivity contribution in [3.8, 4) is 0 Å². The number of hydrogen-bond acceptors (Lipinski definition) is 5. The molecule has 2 atom stereocenters. The van der Waals surface area contributed by atoms with Crippen molar-refractivity contribution in [2.24, 2.45) is 5.92 Å². The Morgan fingerprint density at radius 1 is 1.47 bits per heavy atom. The van der Waals surface area contributed by atoms with E-state index in [0.29, 0.717) is 22.8 Å². The lowest BCUT2D eigenvalue weighted by Gasteiger charge is -2.27. The topological polar surface area (TPSA) is 80.1 Å². The Morgan fingerprint density at radius 2 is 2.37 bits per heavy atom. The molecular formula is C13H16N4O2. The van der Waals surface area contributed by atoms with Crippen molar-refractivity contribution in [1.29, 1.82) is 0 Å². The van der Waals surface area contributed by atoms with Gasteiger partial charge in [0, 0.05) is 12.0 Å². The van der Waals surface area contributed by atoms with Crippen LogP contribution in [-0.4, -0.2) is 28.8 Å². The second kappa shape index (κ2) is 4.97. The van der Waals surface area contributed by atoms with Gasteiger partial charge in [0.2, 0.25) is 5.91 Å². The molecule has 0 unspecified atom stereocenters. The summed E-state index contributed by atoms with van der Waals surface area (Å²) in [6.07, 6.45) is 1.72. The summed E-state index contributed by atoms with van der Waals surface area (Å²) < 4.78 is 4.69. The molecule has 2 aromatic rings. The number of benzene rings is 1.